The van der Waals surface area contributed by atoms with Crippen LogP contribution < -0.4 is 5.73 Å². The minimum absolute atomic E-state index is 0. The van der Waals surface area contributed by atoms with Crippen LogP contribution in [0.25, 0.3) is 0 Å². The summed E-state index contributed by atoms with van der Waals surface area (Å²) in [7, 11) is 0. The van der Waals surface area contributed by atoms with Gasteiger partial charge in [0.15, 0.2) is 0 Å². The standard InChI is InChI=1S/C18H32N4O4.2ClH/c1-14(17(23)22-8-12-26-13-9-22)20-4-6-21(7-5-20)18(24)16(19)15-2-10-25-11-3-15;;/h14-16H,2-13,19H2,1H3;2*1H. The first-order valence-corrected chi connectivity index (χ1v) is 9.80. The Hall–Kier alpha value is -0.640. The maximum Gasteiger partial charge on any atom is 0.239 e. The topological polar surface area (TPSA) is 88.3 Å². The van der Waals surface area contributed by atoms with Gasteiger partial charge in [0.25, 0.3) is 0 Å². The third-order valence-corrected chi connectivity index (χ3v) is 5.91. The Morgan fingerprint density at radius 1 is 0.821 bits per heavy atom. The summed E-state index contributed by atoms with van der Waals surface area (Å²) in [4.78, 5) is 31.3. The highest BCUT2D eigenvalue weighted by molar-refractivity contribution is 5.85. The number of ether oxygens (including phenoxy) is 2. The zero-order valence-corrected chi connectivity index (χ0v) is 18.2. The van der Waals surface area contributed by atoms with Gasteiger partial charge < -0.3 is 25.0 Å². The van der Waals surface area contributed by atoms with Crippen LogP contribution in [0.2, 0.25) is 0 Å². The first-order valence-electron chi connectivity index (χ1n) is 9.80. The van der Waals surface area contributed by atoms with E-state index in [-0.39, 0.29) is 48.6 Å². The monoisotopic (exact) mass is 440 g/mol. The van der Waals surface area contributed by atoms with Gasteiger partial charge in [-0.15, -0.1) is 24.8 Å². The number of amides is 2. The van der Waals surface area contributed by atoms with E-state index in [4.69, 9.17) is 15.2 Å². The molecule has 0 saturated carbocycles. The lowest BCUT2D eigenvalue weighted by Gasteiger charge is -2.40. The number of hydrogen-bond donors (Lipinski definition) is 1. The SMILES string of the molecule is CC(C(=O)N1CCOCC1)N1CCN(C(=O)C(N)C2CCOCC2)CC1.Cl.Cl. The van der Waals surface area contributed by atoms with Gasteiger partial charge >= 0.3 is 0 Å². The Morgan fingerprint density at radius 2 is 1.32 bits per heavy atom. The first-order chi connectivity index (χ1) is 12.6. The zero-order chi connectivity index (χ0) is 18.5. The van der Waals surface area contributed by atoms with Crippen molar-refractivity contribution < 1.29 is 19.1 Å². The van der Waals surface area contributed by atoms with E-state index in [2.05, 4.69) is 4.90 Å². The summed E-state index contributed by atoms with van der Waals surface area (Å²) >= 11 is 0. The van der Waals surface area contributed by atoms with E-state index in [0.29, 0.717) is 65.7 Å². The molecule has 0 aromatic carbocycles. The third-order valence-electron chi connectivity index (χ3n) is 5.91. The smallest absolute Gasteiger partial charge is 0.239 e. The van der Waals surface area contributed by atoms with Crippen molar-refractivity contribution in [1.82, 2.24) is 14.7 Å². The molecule has 2 amide bonds. The Labute approximate surface area is 179 Å². The summed E-state index contributed by atoms with van der Waals surface area (Å²) in [6.07, 6.45) is 1.72. The van der Waals surface area contributed by atoms with Crippen molar-refractivity contribution in [2.24, 2.45) is 11.7 Å². The lowest BCUT2D eigenvalue weighted by atomic mass is 9.91. The second-order valence-corrected chi connectivity index (χ2v) is 7.45. The average Bonchev–Trinajstić information content (AvgIpc) is 2.73. The maximum absolute atomic E-state index is 12.7. The molecule has 0 spiro atoms. The second-order valence-electron chi connectivity index (χ2n) is 7.45. The number of carbonyl (C=O) groups is 2. The number of hydrogen-bond acceptors (Lipinski definition) is 6. The fraction of sp³-hybridized carbons (Fsp3) is 0.889. The quantitative estimate of drug-likeness (QED) is 0.660. The molecular formula is C18H34Cl2N4O4. The predicted molar refractivity (Wildman–Crippen MR) is 111 cm³/mol. The molecule has 3 fully saturated rings. The normalized spacial score (nSPS) is 23.9. The first kappa shape index (κ1) is 25.4. The van der Waals surface area contributed by atoms with Crippen LogP contribution in [0.4, 0.5) is 0 Å². The highest BCUT2D eigenvalue weighted by atomic mass is 35.5. The predicted octanol–water partition coefficient (Wildman–Crippen LogP) is -0.0246. The van der Waals surface area contributed by atoms with Gasteiger partial charge in [0.2, 0.25) is 11.8 Å². The van der Waals surface area contributed by atoms with E-state index in [0.717, 1.165) is 12.8 Å². The number of carbonyl (C=O) groups excluding carboxylic acids is 2. The summed E-state index contributed by atoms with van der Waals surface area (Å²) in [6.45, 7) is 8.61. The molecule has 2 N–H and O–H groups in total. The molecule has 3 saturated heterocycles. The van der Waals surface area contributed by atoms with Gasteiger partial charge in [0, 0.05) is 52.5 Å². The Kier molecular flexibility index (Phi) is 11.0. The number of rotatable bonds is 4. The minimum Gasteiger partial charge on any atom is -0.381 e. The molecule has 164 valence electrons. The van der Waals surface area contributed by atoms with Gasteiger partial charge in [0.05, 0.1) is 25.3 Å². The van der Waals surface area contributed by atoms with E-state index in [1.807, 2.05) is 16.7 Å². The van der Waals surface area contributed by atoms with Gasteiger partial charge in [0.1, 0.15) is 0 Å². The molecule has 0 aromatic rings. The molecule has 3 heterocycles. The maximum atomic E-state index is 12.7. The average molecular weight is 441 g/mol. The van der Waals surface area contributed by atoms with Gasteiger partial charge in [-0.25, -0.2) is 0 Å². The number of halogens is 2. The van der Waals surface area contributed by atoms with Crippen LogP contribution in [-0.2, 0) is 19.1 Å². The molecule has 0 radical (unpaired) electrons. The van der Waals surface area contributed by atoms with Crippen molar-refractivity contribution in [2.75, 3.05) is 65.7 Å². The van der Waals surface area contributed by atoms with Crippen molar-refractivity contribution in [3.8, 4) is 0 Å². The van der Waals surface area contributed by atoms with Crippen LogP contribution >= 0.6 is 24.8 Å². The van der Waals surface area contributed by atoms with E-state index in [9.17, 15) is 9.59 Å². The summed E-state index contributed by atoms with van der Waals surface area (Å²) in [5.41, 5.74) is 6.23. The van der Waals surface area contributed by atoms with E-state index < -0.39 is 6.04 Å². The summed E-state index contributed by atoms with van der Waals surface area (Å²) in [5, 5.41) is 0. The van der Waals surface area contributed by atoms with Gasteiger partial charge in [-0.2, -0.15) is 0 Å². The van der Waals surface area contributed by atoms with Gasteiger partial charge in [-0.05, 0) is 25.7 Å². The van der Waals surface area contributed by atoms with Crippen molar-refractivity contribution in [3.63, 3.8) is 0 Å². The van der Waals surface area contributed by atoms with Crippen LogP contribution in [0.5, 0.6) is 0 Å². The van der Waals surface area contributed by atoms with E-state index in [1.165, 1.54) is 0 Å². The van der Waals surface area contributed by atoms with Crippen molar-refractivity contribution >= 4 is 36.6 Å². The summed E-state index contributed by atoms with van der Waals surface area (Å²) in [5.74, 6) is 0.423. The molecule has 10 heteroatoms. The molecule has 0 bridgehead atoms. The van der Waals surface area contributed by atoms with Crippen LogP contribution in [0, 0.1) is 5.92 Å². The Bertz CT molecular complexity index is 494. The highest BCUT2D eigenvalue weighted by Crippen LogP contribution is 2.20. The fourth-order valence-corrected chi connectivity index (χ4v) is 4.02. The molecule has 3 rings (SSSR count). The molecule has 3 aliphatic rings. The van der Waals surface area contributed by atoms with Gasteiger partial charge in [-0.3, -0.25) is 14.5 Å². The van der Waals surface area contributed by atoms with E-state index in [1.54, 1.807) is 0 Å². The molecule has 8 nitrogen and oxygen atoms in total. The molecule has 2 unspecified atom stereocenters. The Balaban J connectivity index is 0.00000196. The van der Waals surface area contributed by atoms with Crippen LogP contribution in [0.1, 0.15) is 19.8 Å². The lowest BCUT2D eigenvalue weighted by Crippen LogP contribution is -2.59. The molecule has 0 aromatic heterocycles. The van der Waals surface area contributed by atoms with E-state index >= 15 is 0 Å². The molecule has 3 aliphatic heterocycles. The Morgan fingerprint density at radius 3 is 1.89 bits per heavy atom. The summed E-state index contributed by atoms with van der Waals surface area (Å²) < 4.78 is 10.7. The minimum atomic E-state index is -0.433. The van der Waals surface area contributed by atoms with Crippen LogP contribution in [0.3, 0.4) is 0 Å². The number of nitrogens with zero attached hydrogens (tertiary/aromatic N) is 3. The largest absolute Gasteiger partial charge is 0.381 e. The third kappa shape index (κ3) is 6.18. The van der Waals surface area contributed by atoms with Crippen LogP contribution in [-0.4, -0.2) is 104 Å². The molecule has 28 heavy (non-hydrogen) atoms. The zero-order valence-electron chi connectivity index (χ0n) is 16.6. The molecular weight excluding hydrogens is 407 g/mol. The molecule has 2 atom stereocenters. The van der Waals surface area contributed by atoms with Gasteiger partial charge in [-0.1, -0.05) is 0 Å². The van der Waals surface area contributed by atoms with Crippen molar-refractivity contribution in [3.05, 3.63) is 0 Å². The number of nitrogens with two attached hydrogens (primary N) is 1. The second kappa shape index (κ2) is 12.1. The fourth-order valence-electron chi connectivity index (χ4n) is 4.02. The summed E-state index contributed by atoms with van der Waals surface area (Å²) in [6, 6.07) is -0.590. The number of morpholine rings is 1. The van der Waals surface area contributed by atoms with Crippen LogP contribution in [0.15, 0.2) is 0 Å². The molecule has 0 aliphatic carbocycles. The van der Waals surface area contributed by atoms with Crippen molar-refractivity contribution in [2.45, 2.75) is 31.8 Å². The highest BCUT2D eigenvalue weighted by Gasteiger charge is 2.34. The van der Waals surface area contributed by atoms with Crippen molar-refractivity contribution in [1.29, 1.82) is 0 Å². The number of piperazine rings is 1. The lowest BCUT2D eigenvalue weighted by molar-refractivity contribution is -0.142.